The molecule has 1 fully saturated rings. The lowest BCUT2D eigenvalue weighted by Crippen LogP contribution is -2.38. The van der Waals surface area contributed by atoms with Crippen LogP contribution in [0.1, 0.15) is 30.4 Å². The van der Waals surface area contributed by atoms with Gasteiger partial charge in [0.25, 0.3) is 0 Å². The van der Waals surface area contributed by atoms with Gasteiger partial charge in [-0.3, -0.25) is 4.79 Å². The fourth-order valence-electron chi connectivity index (χ4n) is 6.04. The summed E-state index contributed by atoms with van der Waals surface area (Å²) in [6, 6.07) is 21.9. The first-order chi connectivity index (χ1) is 13.2. The second-order valence-corrected chi connectivity index (χ2v) is 8.64. The van der Waals surface area contributed by atoms with Crippen molar-refractivity contribution in [2.75, 3.05) is 0 Å². The Balaban J connectivity index is 1.62. The predicted molar refractivity (Wildman–Crippen MR) is 110 cm³/mol. The molecule has 1 nitrogen and oxygen atoms in total. The van der Waals surface area contributed by atoms with Crippen LogP contribution in [0.3, 0.4) is 0 Å². The molecule has 2 bridgehead atoms. The van der Waals surface area contributed by atoms with E-state index < -0.39 is 0 Å². The monoisotopic (exact) mass is 350 g/mol. The van der Waals surface area contributed by atoms with Gasteiger partial charge in [-0.15, -0.1) is 0 Å². The third-order valence-corrected chi connectivity index (χ3v) is 7.13. The van der Waals surface area contributed by atoms with E-state index in [2.05, 4.69) is 72.8 Å². The Hall–Kier alpha value is -2.67. The molecule has 27 heavy (non-hydrogen) atoms. The minimum Gasteiger partial charge on any atom is -0.299 e. The minimum atomic E-state index is 0.0437. The number of benzene rings is 3. The number of Topliss-reactive ketones (excluding diaryl/α,β-unsaturated/α-hetero) is 1. The van der Waals surface area contributed by atoms with Gasteiger partial charge < -0.3 is 0 Å². The highest BCUT2D eigenvalue weighted by Crippen LogP contribution is 2.58. The van der Waals surface area contributed by atoms with E-state index in [1.165, 1.54) is 39.4 Å². The second kappa shape index (κ2) is 5.42. The zero-order chi connectivity index (χ0) is 18.0. The number of allylic oxidation sites excluding steroid dienone is 2. The smallest absolute Gasteiger partial charge is 0.138 e. The van der Waals surface area contributed by atoms with Gasteiger partial charge in [0.1, 0.15) is 5.78 Å². The Labute approximate surface area is 159 Å². The maximum Gasteiger partial charge on any atom is 0.138 e. The Morgan fingerprint density at radius 2 is 1.81 bits per heavy atom. The molecule has 0 amide bonds. The summed E-state index contributed by atoms with van der Waals surface area (Å²) in [5, 5.41) is 2.57. The van der Waals surface area contributed by atoms with Gasteiger partial charge >= 0.3 is 0 Å². The van der Waals surface area contributed by atoms with Crippen LogP contribution in [0.2, 0.25) is 0 Å². The lowest BCUT2D eigenvalue weighted by molar-refractivity contribution is -0.120. The first-order valence-corrected chi connectivity index (χ1v) is 10.0. The van der Waals surface area contributed by atoms with Crippen LogP contribution < -0.4 is 0 Å². The van der Waals surface area contributed by atoms with E-state index in [-0.39, 0.29) is 5.41 Å². The van der Waals surface area contributed by atoms with Crippen molar-refractivity contribution in [3.8, 4) is 11.1 Å². The van der Waals surface area contributed by atoms with Crippen LogP contribution in [0.4, 0.5) is 0 Å². The van der Waals surface area contributed by atoms with Crippen LogP contribution in [0.5, 0.6) is 0 Å². The number of fused-ring (bicyclic) bond motifs is 6. The van der Waals surface area contributed by atoms with Crippen molar-refractivity contribution in [3.63, 3.8) is 0 Å². The fraction of sp³-hybridized carbons (Fsp3) is 0.269. The molecule has 3 unspecified atom stereocenters. The standard InChI is InChI=1S/C26H22O/c27-22-13-20-12-19-7-4-8-23(18-5-2-1-3-6-18)24(19)14-25(20)26(16-22)15-17-9-10-21(26)11-17/h1-10,12,14,17,21H,11,13,15-16H2. The van der Waals surface area contributed by atoms with Crippen molar-refractivity contribution < 1.29 is 4.79 Å². The summed E-state index contributed by atoms with van der Waals surface area (Å²) >= 11 is 0. The molecule has 3 aliphatic rings. The topological polar surface area (TPSA) is 17.1 Å². The highest BCUT2D eigenvalue weighted by Gasteiger charge is 2.52. The van der Waals surface area contributed by atoms with Crippen LogP contribution in [-0.2, 0) is 16.6 Å². The molecule has 6 rings (SSSR count). The molecule has 0 aromatic heterocycles. The zero-order valence-electron chi connectivity index (χ0n) is 15.3. The maximum atomic E-state index is 12.7. The molecule has 1 saturated carbocycles. The molecule has 3 aromatic rings. The molecule has 0 heterocycles. The van der Waals surface area contributed by atoms with Crippen molar-refractivity contribution in [1.82, 2.24) is 0 Å². The zero-order valence-corrected chi connectivity index (χ0v) is 15.3. The summed E-state index contributed by atoms with van der Waals surface area (Å²) in [6.07, 6.45) is 8.47. The number of carbonyl (C=O) groups excluding carboxylic acids is 1. The molecule has 3 aliphatic carbocycles. The van der Waals surface area contributed by atoms with Crippen molar-refractivity contribution in [3.05, 3.63) is 83.9 Å². The van der Waals surface area contributed by atoms with Gasteiger partial charge in [0.15, 0.2) is 0 Å². The summed E-state index contributed by atoms with van der Waals surface area (Å²) in [5.74, 6) is 1.61. The van der Waals surface area contributed by atoms with E-state index >= 15 is 0 Å². The molecule has 1 spiro atoms. The number of carbonyl (C=O) groups is 1. The van der Waals surface area contributed by atoms with Crippen molar-refractivity contribution in [1.29, 1.82) is 0 Å². The van der Waals surface area contributed by atoms with Crippen LogP contribution in [0.15, 0.2) is 72.8 Å². The second-order valence-electron chi connectivity index (χ2n) is 8.64. The Bertz CT molecular complexity index is 1110. The largest absolute Gasteiger partial charge is 0.299 e. The number of rotatable bonds is 1. The first kappa shape index (κ1) is 15.4. The van der Waals surface area contributed by atoms with Crippen molar-refractivity contribution in [2.45, 2.75) is 31.1 Å². The average molecular weight is 350 g/mol. The molecule has 3 aromatic carbocycles. The van der Waals surface area contributed by atoms with Gasteiger partial charge in [-0.05, 0) is 63.8 Å². The lowest BCUT2D eigenvalue weighted by Gasteiger charge is -2.40. The van der Waals surface area contributed by atoms with E-state index in [0.717, 1.165) is 12.8 Å². The van der Waals surface area contributed by atoms with Gasteiger partial charge in [0.2, 0.25) is 0 Å². The van der Waals surface area contributed by atoms with Crippen LogP contribution >= 0.6 is 0 Å². The molecular formula is C26H22O. The number of ketones is 1. The minimum absolute atomic E-state index is 0.0437. The molecule has 0 N–H and O–H groups in total. The number of hydrogen-bond acceptors (Lipinski definition) is 1. The third-order valence-electron chi connectivity index (χ3n) is 7.13. The molecule has 132 valence electrons. The van der Waals surface area contributed by atoms with Crippen molar-refractivity contribution >= 4 is 16.6 Å². The normalized spacial score (nSPS) is 28.2. The highest BCUT2D eigenvalue weighted by atomic mass is 16.1. The van der Waals surface area contributed by atoms with Crippen LogP contribution in [0.25, 0.3) is 21.9 Å². The molecular weight excluding hydrogens is 328 g/mol. The van der Waals surface area contributed by atoms with E-state index in [1.54, 1.807) is 0 Å². The van der Waals surface area contributed by atoms with E-state index in [9.17, 15) is 4.79 Å². The SMILES string of the molecule is O=C1Cc2cc3cccc(-c4ccccc4)c3cc2C2(C1)CC1C=CC2C1. The summed E-state index contributed by atoms with van der Waals surface area (Å²) in [6.45, 7) is 0. The molecule has 0 radical (unpaired) electrons. The quantitative estimate of drug-likeness (QED) is 0.503. The van der Waals surface area contributed by atoms with Gasteiger partial charge in [0.05, 0.1) is 0 Å². The van der Waals surface area contributed by atoms with E-state index in [4.69, 9.17) is 0 Å². The maximum absolute atomic E-state index is 12.7. The summed E-state index contributed by atoms with van der Waals surface area (Å²) in [4.78, 5) is 12.7. The fourth-order valence-corrected chi connectivity index (χ4v) is 6.04. The van der Waals surface area contributed by atoms with Gasteiger partial charge in [-0.25, -0.2) is 0 Å². The summed E-state index contributed by atoms with van der Waals surface area (Å²) in [7, 11) is 0. The Morgan fingerprint density at radius 1 is 0.926 bits per heavy atom. The Kier molecular flexibility index (Phi) is 3.09. The summed E-state index contributed by atoms with van der Waals surface area (Å²) < 4.78 is 0. The molecule has 3 atom stereocenters. The van der Waals surface area contributed by atoms with Gasteiger partial charge in [-0.1, -0.05) is 66.7 Å². The average Bonchev–Trinajstić information content (AvgIpc) is 3.28. The van der Waals surface area contributed by atoms with Crippen LogP contribution in [0, 0.1) is 11.8 Å². The third kappa shape index (κ3) is 2.15. The van der Waals surface area contributed by atoms with Gasteiger partial charge in [-0.2, -0.15) is 0 Å². The van der Waals surface area contributed by atoms with Gasteiger partial charge in [0, 0.05) is 18.3 Å². The number of hydrogen-bond donors (Lipinski definition) is 0. The molecule has 0 saturated heterocycles. The van der Waals surface area contributed by atoms with Crippen LogP contribution in [-0.4, -0.2) is 5.78 Å². The van der Waals surface area contributed by atoms with Crippen molar-refractivity contribution in [2.24, 2.45) is 11.8 Å². The predicted octanol–water partition coefficient (Wildman–Crippen LogP) is 5.86. The highest BCUT2D eigenvalue weighted by molar-refractivity contribution is 5.99. The van der Waals surface area contributed by atoms with E-state index in [1.807, 2.05) is 0 Å². The molecule has 1 heteroatoms. The lowest BCUT2D eigenvalue weighted by atomic mass is 9.62. The first-order valence-electron chi connectivity index (χ1n) is 10.0. The van der Waals surface area contributed by atoms with E-state index in [0.29, 0.717) is 24.0 Å². The molecule has 0 aliphatic heterocycles. The Morgan fingerprint density at radius 3 is 2.59 bits per heavy atom. The summed E-state index contributed by atoms with van der Waals surface area (Å²) in [5.41, 5.74) is 5.32.